The van der Waals surface area contributed by atoms with Gasteiger partial charge in [-0.05, 0) is 195 Å². The van der Waals surface area contributed by atoms with Gasteiger partial charge in [0.15, 0.2) is 5.58 Å². The first-order valence-electron chi connectivity index (χ1n) is 31.6. The molecule has 424 valence electrons. The number of rotatable bonds is 13. The summed E-state index contributed by atoms with van der Waals surface area (Å²) < 4.78 is 7.39. The van der Waals surface area contributed by atoms with E-state index in [-0.39, 0.29) is 5.75 Å². The van der Waals surface area contributed by atoms with Crippen LogP contribution in [0.2, 0.25) is 0 Å². The van der Waals surface area contributed by atoms with Gasteiger partial charge in [-0.1, -0.05) is 211 Å². The van der Waals surface area contributed by atoms with Gasteiger partial charge in [-0.15, -0.1) is 0 Å². The molecule has 0 unspecified atom stereocenters. The maximum absolute atomic E-state index is 13.2. The average Bonchev–Trinajstić information content (AvgIpc) is 0.847. The van der Waals surface area contributed by atoms with Crippen molar-refractivity contribution in [3.8, 4) is 39.1 Å². The Morgan fingerprint density at radius 2 is 0.802 bits per heavy atom. The number of nitrogens with zero attached hydrogens (tertiary/aromatic N) is 2. The molecule has 12 aromatic carbocycles. The molecule has 0 radical (unpaired) electrons. The van der Waals surface area contributed by atoms with Crippen LogP contribution in [0.15, 0.2) is 217 Å². The topological polar surface area (TPSA) is 39.9 Å². The molecule has 2 fully saturated rings. The number of phenols is 1. The molecule has 2 aliphatic carbocycles. The summed E-state index contributed by atoms with van der Waals surface area (Å²) in [5.41, 5.74) is 22.1. The molecule has 2 saturated carbocycles. The SMILES string of the molecule is Cc1ccccc1-c1cccc(-c2cccc(N(c3ccc(C(C)C)cc3)c3cc(C4CCCC4)c4ccc5c(N(c6ccc(C(C)C)cc6)c6cccc7c6oc6c(-c8ccccc8C)cccc67)cc(C6CCCC6)c6ccc3c4c65)c2O)c1. The van der Waals surface area contributed by atoms with Gasteiger partial charge < -0.3 is 19.3 Å². The number of hydrogen-bond donors (Lipinski definition) is 1. The number of furan rings is 1. The van der Waals surface area contributed by atoms with Gasteiger partial charge in [0.2, 0.25) is 0 Å². The minimum atomic E-state index is 0.256. The highest BCUT2D eigenvalue weighted by Crippen LogP contribution is 2.56. The molecule has 0 aliphatic heterocycles. The standard InChI is InChI=1S/C82H74N2O2/c1-50(2)54-35-39-60(40-36-54)83(74-33-17-29-64(80(74)85)59-26-15-25-58(47-59)62-27-13-7-19-52(62)5)76-48-72(56-21-9-10-22-56)65-44-46-71-77(49-73(57-23-11-12-24-57)66-43-45-70(76)78(65)79(66)71)84(61-41-37-55(38-42-61)51(3)4)75-34-18-32-69-68-31-16-30-67(81(68)86-82(69)75)63-28-14-8-20-53(63)6/h7-8,13-20,25-51,56-57,85H,9-12,21-24H2,1-6H3. The highest BCUT2D eigenvalue weighted by atomic mass is 16.3. The highest BCUT2D eigenvalue weighted by Gasteiger charge is 2.32. The Morgan fingerprint density at radius 3 is 1.35 bits per heavy atom. The van der Waals surface area contributed by atoms with Crippen LogP contribution in [0.4, 0.5) is 34.1 Å². The van der Waals surface area contributed by atoms with Gasteiger partial charge in [-0.25, -0.2) is 0 Å². The largest absolute Gasteiger partial charge is 0.505 e. The number of benzene rings is 12. The lowest BCUT2D eigenvalue weighted by Crippen LogP contribution is -2.14. The van der Waals surface area contributed by atoms with Crippen LogP contribution in [0.25, 0.3) is 87.6 Å². The zero-order chi connectivity index (χ0) is 58.3. The fourth-order valence-corrected chi connectivity index (χ4v) is 15.1. The molecular formula is C82H74N2O2. The molecule has 0 saturated heterocycles. The summed E-state index contributed by atoms with van der Waals surface area (Å²) in [5.74, 6) is 1.81. The molecule has 2 aliphatic rings. The van der Waals surface area contributed by atoms with Crippen molar-refractivity contribution in [1.29, 1.82) is 0 Å². The van der Waals surface area contributed by atoms with Gasteiger partial charge in [0.25, 0.3) is 0 Å². The second kappa shape index (κ2) is 21.7. The molecule has 0 bridgehead atoms. The Hall–Kier alpha value is -9.12. The van der Waals surface area contributed by atoms with Crippen molar-refractivity contribution in [1.82, 2.24) is 0 Å². The second-order valence-electron chi connectivity index (χ2n) is 25.5. The number of phenolic OH excluding ortho intramolecular Hbond substituents is 1. The van der Waals surface area contributed by atoms with Crippen molar-refractivity contribution < 1.29 is 9.52 Å². The fourth-order valence-electron chi connectivity index (χ4n) is 15.1. The third-order valence-corrected chi connectivity index (χ3v) is 19.7. The number of aromatic hydroxyl groups is 1. The lowest BCUT2D eigenvalue weighted by atomic mass is 9.82. The van der Waals surface area contributed by atoms with Crippen molar-refractivity contribution >= 4 is 88.4 Å². The lowest BCUT2D eigenvalue weighted by Gasteiger charge is -2.32. The van der Waals surface area contributed by atoms with Crippen molar-refractivity contribution in [3.63, 3.8) is 0 Å². The minimum absolute atomic E-state index is 0.256. The van der Waals surface area contributed by atoms with Crippen LogP contribution in [0.5, 0.6) is 5.75 Å². The molecule has 15 rings (SSSR count). The van der Waals surface area contributed by atoms with Crippen LogP contribution in [0, 0.1) is 13.8 Å². The van der Waals surface area contributed by atoms with Crippen LogP contribution >= 0.6 is 0 Å². The zero-order valence-electron chi connectivity index (χ0n) is 50.4. The molecule has 4 heteroatoms. The predicted octanol–water partition coefficient (Wildman–Crippen LogP) is 24.3. The quantitative estimate of drug-likeness (QED) is 0.117. The van der Waals surface area contributed by atoms with Gasteiger partial charge in [0.1, 0.15) is 11.3 Å². The summed E-state index contributed by atoms with van der Waals surface area (Å²) in [6.07, 6.45) is 9.50. The van der Waals surface area contributed by atoms with E-state index in [1.54, 1.807) is 0 Å². The van der Waals surface area contributed by atoms with Gasteiger partial charge in [0.05, 0.1) is 22.7 Å². The Kier molecular flexibility index (Phi) is 13.6. The molecule has 4 nitrogen and oxygen atoms in total. The van der Waals surface area contributed by atoms with Gasteiger partial charge in [-0.3, -0.25) is 0 Å². The van der Waals surface area contributed by atoms with Gasteiger partial charge in [-0.2, -0.15) is 0 Å². The Morgan fingerprint density at radius 1 is 0.372 bits per heavy atom. The van der Waals surface area contributed by atoms with Crippen molar-refractivity contribution in [3.05, 3.63) is 246 Å². The lowest BCUT2D eigenvalue weighted by molar-refractivity contribution is 0.478. The maximum Gasteiger partial charge on any atom is 0.159 e. The van der Waals surface area contributed by atoms with E-state index in [9.17, 15) is 5.11 Å². The fraction of sp³-hybridized carbons (Fsp3) is 0.220. The summed E-state index contributed by atoms with van der Waals surface area (Å²) in [4.78, 5) is 4.92. The Labute approximate surface area is 506 Å². The molecule has 1 N–H and O–H groups in total. The first-order chi connectivity index (χ1) is 42.1. The minimum Gasteiger partial charge on any atom is -0.505 e. The third-order valence-electron chi connectivity index (χ3n) is 19.7. The summed E-state index contributed by atoms with van der Waals surface area (Å²) in [6.45, 7) is 13.4. The zero-order valence-corrected chi connectivity index (χ0v) is 50.4. The van der Waals surface area contributed by atoms with Crippen LogP contribution in [-0.2, 0) is 0 Å². The summed E-state index contributed by atoms with van der Waals surface area (Å²) >= 11 is 0. The number of anilines is 6. The normalized spacial score (nSPS) is 14.2. The van der Waals surface area contributed by atoms with Crippen molar-refractivity contribution in [2.75, 3.05) is 9.80 Å². The van der Waals surface area contributed by atoms with E-state index >= 15 is 0 Å². The third kappa shape index (κ3) is 9.02. The highest BCUT2D eigenvalue weighted by molar-refractivity contribution is 6.30. The number of para-hydroxylation sites is 3. The first-order valence-corrected chi connectivity index (χ1v) is 31.6. The van der Waals surface area contributed by atoms with Gasteiger partial charge >= 0.3 is 0 Å². The summed E-state index contributed by atoms with van der Waals surface area (Å²) in [5, 5.41) is 23.1. The number of hydrogen-bond acceptors (Lipinski definition) is 4. The number of fused-ring (bicyclic) bond motifs is 3. The van der Waals surface area contributed by atoms with E-state index in [1.165, 1.54) is 103 Å². The van der Waals surface area contributed by atoms with Crippen molar-refractivity contribution in [2.45, 2.75) is 117 Å². The van der Waals surface area contributed by atoms with Crippen LogP contribution in [-0.4, -0.2) is 5.11 Å². The van der Waals surface area contributed by atoms with E-state index in [4.69, 9.17) is 4.42 Å². The molecule has 1 aromatic heterocycles. The van der Waals surface area contributed by atoms with E-state index < -0.39 is 0 Å². The first kappa shape index (κ1) is 53.6. The molecule has 0 amide bonds. The van der Waals surface area contributed by atoms with Crippen LogP contribution < -0.4 is 9.80 Å². The Bertz CT molecular complexity index is 4700. The molecule has 1 heterocycles. The molecule has 86 heavy (non-hydrogen) atoms. The monoisotopic (exact) mass is 1120 g/mol. The van der Waals surface area contributed by atoms with Crippen LogP contribution in [0.1, 0.15) is 136 Å². The second-order valence-corrected chi connectivity index (χ2v) is 25.5. The maximum atomic E-state index is 13.2. The van der Waals surface area contributed by atoms with E-state index in [1.807, 2.05) is 0 Å². The van der Waals surface area contributed by atoms with E-state index in [2.05, 4.69) is 264 Å². The molecular weight excluding hydrogens is 1040 g/mol. The van der Waals surface area contributed by atoms with Gasteiger partial charge in [0, 0.05) is 44.0 Å². The summed E-state index contributed by atoms with van der Waals surface area (Å²) in [6, 6.07) is 78.9. The molecule has 0 atom stereocenters. The smallest absolute Gasteiger partial charge is 0.159 e. The average molecular weight is 1120 g/mol. The Balaban J connectivity index is 1.02. The van der Waals surface area contributed by atoms with E-state index in [0.29, 0.717) is 23.7 Å². The van der Waals surface area contributed by atoms with Crippen LogP contribution in [0.3, 0.4) is 0 Å². The molecule has 13 aromatic rings. The molecule has 0 spiro atoms. The number of aryl methyl sites for hydroxylation is 2. The van der Waals surface area contributed by atoms with E-state index in [0.717, 1.165) is 104 Å². The summed E-state index contributed by atoms with van der Waals surface area (Å²) in [7, 11) is 0. The van der Waals surface area contributed by atoms with Crippen molar-refractivity contribution in [2.24, 2.45) is 0 Å². The predicted molar refractivity (Wildman–Crippen MR) is 365 cm³/mol.